The van der Waals surface area contributed by atoms with E-state index in [0.29, 0.717) is 0 Å². The van der Waals surface area contributed by atoms with Crippen molar-refractivity contribution in [3.63, 3.8) is 0 Å². The zero-order valence-electron chi connectivity index (χ0n) is 11.1. The van der Waals surface area contributed by atoms with E-state index in [1.165, 1.54) is 10.3 Å². The average Bonchev–Trinajstić information content (AvgIpc) is 2.88. The predicted molar refractivity (Wildman–Crippen MR) is 86.6 cm³/mol. The quantitative estimate of drug-likeness (QED) is 0.770. The van der Waals surface area contributed by atoms with Crippen LogP contribution in [0.3, 0.4) is 0 Å². The second kappa shape index (κ2) is 5.92. The van der Waals surface area contributed by atoms with Gasteiger partial charge in [-0.1, -0.05) is 35.9 Å². The Morgan fingerprint density at radius 3 is 2.60 bits per heavy atom. The first-order valence-corrected chi connectivity index (χ1v) is 7.73. The van der Waals surface area contributed by atoms with Crippen LogP contribution in [0.15, 0.2) is 48.5 Å². The molecule has 1 aromatic heterocycles. The summed E-state index contributed by atoms with van der Waals surface area (Å²) in [6, 6.07) is 16.5. The van der Waals surface area contributed by atoms with E-state index in [0.717, 1.165) is 22.0 Å². The van der Waals surface area contributed by atoms with E-state index in [1.807, 2.05) is 25.2 Å². The van der Waals surface area contributed by atoms with E-state index in [4.69, 9.17) is 16.6 Å². The van der Waals surface area contributed by atoms with Gasteiger partial charge >= 0.3 is 0 Å². The fourth-order valence-electron chi connectivity index (χ4n) is 2.26. The Labute approximate surface area is 127 Å². The molecule has 0 radical (unpaired) electrons. The van der Waals surface area contributed by atoms with Crippen LogP contribution in [0.1, 0.15) is 16.6 Å². The van der Waals surface area contributed by atoms with Crippen LogP contribution >= 0.6 is 22.9 Å². The smallest absolute Gasteiger partial charge is 0.0957 e. The Balaban J connectivity index is 1.85. The molecule has 3 aromatic rings. The summed E-state index contributed by atoms with van der Waals surface area (Å²) in [6.45, 7) is 0. The van der Waals surface area contributed by atoms with Crippen LogP contribution in [0.5, 0.6) is 0 Å². The molecule has 0 amide bonds. The zero-order chi connectivity index (χ0) is 13.9. The number of nitrogens with one attached hydrogen (secondary N) is 1. The molecule has 1 atom stereocenters. The Morgan fingerprint density at radius 1 is 1.15 bits per heavy atom. The minimum atomic E-state index is 0.257. The first kappa shape index (κ1) is 13.6. The van der Waals surface area contributed by atoms with Crippen molar-refractivity contribution in [1.82, 2.24) is 10.3 Å². The van der Waals surface area contributed by atoms with Crippen LogP contribution in [0.2, 0.25) is 5.02 Å². The minimum Gasteiger partial charge on any atom is -0.313 e. The Kier molecular flexibility index (Phi) is 4.01. The molecule has 2 aromatic carbocycles. The second-order valence-electron chi connectivity index (χ2n) is 4.67. The number of likely N-dealkylation sites (N-methyl/N-ethyl adjacent to an activating group) is 1. The highest BCUT2D eigenvalue weighted by atomic mass is 35.5. The highest BCUT2D eigenvalue weighted by Crippen LogP contribution is 2.26. The van der Waals surface area contributed by atoms with Gasteiger partial charge in [0.15, 0.2) is 0 Å². The van der Waals surface area contributed by atoms with E-state index in [1.54, 1.807) is 11.3 Å². The van der Waals surface area contributed by atoms with E-state index < -0.39 is 0 Å². The minimum absolute atomic E-state index is 0.257. The van der Waals surface area contributed by atoms with Gasteiger partial charge < -0.3 is 5.32 Å². The van der Waals surface area contributed by atoms with Gasteiger partial charge in [-0.25, -0.2) is 4.98 Å². The topological polar surface area (TPSA) is 24.9 Å². The lowest BCUT2D eigenvalue weighted by Crippen LogP contribution is -2.18. The number of thiazole rings is 1. The molecule has 1 heterocycles. The van der Waals surface area contributed by atoms with E-state index in [9.17, 15) is 0 Å². The lowest BCUT2D eigenvalue weighted by Gasteiger charge is -2.15. The summed E-state index contributed by atoms with van der Waals surface area (Å²) in [6.07, 6.45) is 0.886. The van der Waals surface area contributed by atoms with Gasteiger partial charge in [-0.15, -0.1) is 11.3 Å². The molecule has 3 rings (SSSR count). The maximum absolute atomic E-state index is 5.94. The highest BCUT2D eigenvalue weighted by Gasteiger charge is 2.13. The van der Waals surface area contributed by atoms with Crippen LogP contribution in [0, 0.1) is 0 Å². The third-order valence-corrected chi connectivity index (χ3v) is 4.65. The number of halogens is 1. The Bertz CT molecular complexity index is 673. The first-order chi connectivity index (χ1) is 9.76. The van der Waals surface area contributed by atoms with E-state index in [2.05, 4.69) is 35.6 Å². The number of para-hydroxylation sites is 1. The van der Waals surface area contributed by atoms with Crippen LogP contribution in [-0.4, -0.2) is 12.0 Å². The Morgan fingerprint density at radius 2 is 1.90 bits per heavy atom. The van der Waals surface area contributed by atoms with Gasteiger partial charge in [0.05, 0.1) is 15.2 Å². The number of benzene rings is 2. The van der Waals surface area contributed by atoms with Crippen molar-refractivity contribution in [2.24, 2.45) is 0 Å². The van der Waals surface area contributed by atoms with Crippen molar-refractivity contribution in [1.29, 1.82) is 0 Å². The lowest BCUT2D eigenvalue weighted by molar-refractivity contribution is 0.591. The molecule has 0 fully saturated rings. The van der Waals surface area contributed by atoms with Crippen molar-refractivity contribution in [3.8, 4) is 0 Å². The van der Waals surface area contributed by atoms with Gasteiger partial charge in [0.2, 0.25) is 0 Å². The molecule has 0 saturated heterocycles. The second-order valence-corrected chi connectivity index (χ2v) is 6.22. The van der Waals surface area contributed by atoms with Crippen LogP contribution < -0.4 is 5.32 Å². The van der Waals surface area contributed by atoms with Crippen LogP contribution in [-0.2, 0) is 6.42 Å². The summed E-state index contributed by atoms with van der Waals surface area (Å²) in [4.78, 5) is 4.70. The van der Waals surface area contributed by atoms with Crippen molar-refractivity contribution in [2.45, 2.75) is 12.5 Å². The van der Waals surface area contributed by atoms with E-state index in [-0.39, 0.29) is 6.04 Å². The van der Waals surface area contributed by atoms with Gasteiger partial charge in [0, 0.05) is 17.5 Å². The summed E-state index contributed by atoms with van der Waals surface area (Å²) in [5.74, 6) is 0. The molecule has 0 bridgehead atoms. The number of fused-ring (bicyclic) bond motifs is 1. The number of aromatic nitrogens is 1. The molecule has 1 N–H and O–H groups in total. The third-order valence-electron chi connectivity index (χ3n) is 3.34. The van der Waals surface area contributed by atoms with Crippen LogP contribution in [0.4, 0.5) is 0 Å². The number of nitrogens with zero attached hydrogens (tertiary/aromatic N) is 1. The molecule has 102 valence electrons. The summed E-state index contributed by atoms with van der Waals surface area (Å²) in [5, 5.41) is 5.27. The number of hydrogen-bond acceptors (Lipinski definition) is 3. The van der Waals surface area contributed by atoms with Gasteiger partial charge in [0.25, 0.3) is 0 Å². The Hall–Kier alpha value is -1.42. The standard InChI is InChI=1S/C16H15ClN2S/c1-18-14(11-6-8-12(17)9-7-11)10-16-19-13-4-2-3-5-15(13)20-16/h2-9,14,18H,10H2,1H3. The zero-order valence-corrected chi connectivity index (χ0v) is 12.7. The molecule has 20 heavy (non-hydrogen) atoms. The van der Waals surface area contributed by atoms with Crippen molar-refractivity contribution in [3.05, 3.63) is 64.1 Å². The van der Waals surface area contributed by atoms with Crippen molar-refractivity contribution >= 4 is 33.2 Å². The van der Waals surface area contributed by atoms with Crippen LogP contribution in [0.25, 0.3) is 10.2 Å². The van der Waals surface area contributed by atoms with Crippen molar-refractivity contribution in [2.75, 3.05) is 7.05 Å². The monoisotopic (exact) mass is 302 g/mol. The lowest BCUT2D eigenvalue weighted by atomic mass is 10.0. The predicted octanol–water partition coefficient (Wildman–Crippen LogP) is 4.45. The maximum Gasteiger partial charge on any atom is 0.0957 e. The molecule has 4 heteroatoms. The molecule has 0 spiro atoms. The molecule has 0 aliphatic heterocycles. The molecule has 0 saturated carbocycles. The highest BCUT2D eigenvalue weighted by molar-refractivity contribution is 7.18. The van der Waals surface area contributed by atoms with Gasteiger partial charge in [-0.3, -0.25) is 0 Å². The third kappa shape index (κ3) is 2.85. The van der Waals surface area contributed by atoms with Gasteiger partial charge in [0.1, 0.15) is 0 Å². The molecule has 1 unspecified atom stereocenters. The van der Waals surface area contributed by atoms with Crippen molar-refractivity contribution < 1.29 is 0 Å². The first-order valence-electron chi connectivity index (χ1n) is 6.53. The fraction of sp³-hybridized carbons (Fsp3) is 0.188. The maximum atomic E-state index is 5.94. The van der Waals surface area contributed by atoms with Gasteiger partial charge in [-0.2, -0.15) is 0 Å². The largest absolute Gasteiger partial charge is 0.313 e. The fourth-order valence-corrected chi connectivity index (χ4v) is 3.40. The molecule has 2 nitrogen and oxygen atoms in total. The summed E-state index contributed by atoms with van der Waals surface area (Å²) in [5.41, 5.74) is 2.31. The molecule has 0 aliphatic rings. The average molecular weight is 303 g/mol. The van der Waals surface area contributed by atoms with E-state index >= 15 is 0 Å². The number of hydrogen-bond donors (Lipinski definition) is 1. The summed E-state index contributed by atoms with van der Waals surface area (Å²) in [7, 11) is 1.98. The van der Waals surface area contributed by atoms with Gasteiger partial charge in [-0.05, 0) is 36.9 Å². The summed E-state index contributed by atoms with van der Waals surface area (Å²) < 4.78 is 1.24. The summed E-state index contributed by atoms with van der Waals surface area (Å²) >= 11 is 7.70. The molecule has 0 aliphatic carbocycles. The molecular weight excluding hydrogens is 288 g/mol. The normalized spacial score (nSPS) is 12.7. The SMILES string of the molecule is CNC(Cc1nc2ccccc2s1)c1ccc(Cl)cc1. The molecular formula is C16H15ClN2S. The number of rotatable bonds is 4.